The van der Waals surface area contributed by atoms with Crippen LogP contribution in [-0.4, -0.2) is 43.1 Å². The number of ether oxygens (including phenoxy) is 2. The fraction of sp³-hybridized carbons (Fsp3) is 0.300. The Bertz CT molecular complexity index is 738. The average Bonchev–Trinajstić information content (AvgIpc) is 2.67. The summed E-state index contributed by atoms with van der Waals surface area (Å²) in [7, 11) is 0. The Kier molecular flexibility index (Phi) is 5.46. The van der Waals surface area contributed by atoms with Crippen molar-refractivity contribution >= 4 is 11.9 Å². The number of benzene rings is 2. The second-order valence-corrected chi connectivity index (χ2v) is 6.00. The molecule has 5 heteroatoms. The molecule has 0 radical (unpaired) electrons. The smallest absolute Gasteiger partial charge is 0.339 e. The summed E-state index contributed by atoms with van der Waals surface area (Å²) in [6.45, 7) is 3.91. The van der Waals surface area contributed by atoms with Crippen molar-refractivity contribution in [1.29, 1.82) is 0 Å². The number of hydrogen-bond acceptors (Lipinski definition) is 4. The fourth-order valence-corrected chi connectivity index (χ4v) is 2.79. The molecule has 3 rings (SSSR count). The van der Waals surface area contributed by atoms with Crippen LogP contribution < -0.4 is 0 Å². The van der Waals surface area contributed by atoms with Gasteiger partial charge in [-0.2, -0.15) is 0 Å². The molecule has 0 bridgehead atoms. The topological polar surface area (TPSA) is 55.8 Å². The molecule has 130 valence electrons. The second kappa shape index (κ2) is 7.94. The third-order valence-electron chi connectivity index (χ3n) is 4.13. The molecule has 1 atom stereocenters. The molecule has 0 spiro atoms. The van der Waals surface area contributed by atoms with Crippen molar-refractivity contribution < 1.29 is 19.1 Å². The number of carbonyl (C=O) groups is 2. The van der Waals surface area contributed by atoms with Gasteiger partial charge in [0, 0.05) is 18.7 Å². The number of carbonyl (C=O) groups excluding carboxylic acids is 2. The van der Waals surface area contributed by atoms with Gasteiger partial charge in [0.2, 0.25) is 6.10 Å². The first-order valence-electron chi connectivity index (χ1n) is 8.34. The fourth-order valence-electron chi connectivity index (χ4n) is 2.79. The quantitative estimate of drug-likeness (QED) is 0.804. The summed E-state index contributed by atoms with van der Waals surface area (Å²) in [5.74, 6) is -0.713. The highest BCUT2D eigenvalue weighted by molar-refractivity contribution is 5.92. The number of hydrogen-bond donors (Lipinski definition) is 0. The van der Waals surface area contributed by atoms with Crippen LogP contribution in [0.4, 0.5) is 0 Å². The lowest BCUT2D eigenvalue weighted by molar-refractivity contribution is -0.145. The van der Waals surface area contributed by atoms with Crippen LogP contribution in [0.3, 0.4) is 0 Å². The summed E-state index contributed by atoms with van der Waals surface area (Å²) in [6.07, 6.45) is -0.952. The molecular formula is C20H21NO4. The predicted octanol–water partition coefficient (Wildman–Crippen LogP) is 2.75. The highest BCUT2D eigenvalue weighted by atomic mass is 16.5. The van der Waals surface area contributed by atoms with E-state index in [1.54, 1.807) is 35.2 Å². The van der Waals surface area contributed by atoms with E-state index in [0.717, 1.165) is 5.56 Å². The monoisotopic (exact) mass is 339 g/mol. The Morgan fingerprint density at radius 3 is 2.44 bits per heavy atom. The highest BCUT2D eigenvalue weighted by Crippen LogP contribution is 2.23. The van der Waals surface area contributed by atoms with E-state index in [2.05, 4.69) is 0 Å². The molecule has 0 N–H and O–H groups in total. The molecule has 1 heterocycles. The van der Waals surface area contributed by atoms with Gasteiger partial charge in [-0.05, 0) is 19.1 Å². The Balaban J connectivity index is 1.83. The maximum Gasteiger partial charge on any atom is 0.339 e. The third kappa shape index (κ3) is 4.25. The van der Waals surface area contributed by atoms with E-state index in [0.29, 0.717) is 37.4 Å². The van der Waals surface area contributed by atoms with Crippen molar-refractivity contribution in [3.63, 3.8) is 0 Å². The van der Waals surface area contributed by atoms with Crippen LogP contribution in [0.15, 0.2) is 54.6 Å². The Morgan fingerprint density at radius 1 is 1.04 bits per heavy atom. The highest BCUT2D eigenvalue weighted by Gasteiger charge is 2.30. The van der Waals surface area contributed by atoms with Crippen LogP contribution in [-0.2, 0) is 14.3 Å². The molecule has 1 saturated heterocycles. The summed E-state index contributed by atoms with van der Waals surface area (Å²) >= 11 is 0. The largest absolute Gasteiger partial charge is 0.444 e. The predicted molar refractivity (Wildman–Crippen MR) is 93.2 cm³/mol. The zero-order chi connectivity index (χ0) is 17.6. The molecular weight excluding hydrogens is 318 g/mol. The minimum atomic E-state index is -0.952. The van der Waals surface area contributed by atoms with E-state index >= 15 is 0 Å². The first-order chi connectivity index (χ1) is 12.1. The number of aryl methyl sites for hydroxylation is 1. The van der Waals surface area contributed by atoms with Crippen LogP contribution in [0.2, 0.25) is 0 Å². The Labute approximate surface area is 147 Å². The average molecular weight is 339 g/mol. The van der Waals surface area contributed by atoms with Gasteiger partial charge in [-0.15, -0.1) is 0 Å². The van der Waals surface area contributed by atoms with Crippen molar-refractivity contribution in [3.8, 4) is 0 Å². The summed E-state index contributed by atoms with van der Waals surface area (Å²) in [4.78, 5) is 27.2. The van der Waals surface area contributed by atoms with Crippen LogP contribution in [0.25, 0.3) is 0 Å². The van der Waals surface area contributed by atoms with Gasteiger partial charge in [0.15, 0.2) is 0 Å². The minimum absolute atomic E-state index is 0.212. The van der Waals surface area contributed by atoms with Crippen LogP contribution in [0, 0.1) is 6.92 Å². The number of rotatable bonds is 4. The van der Waals surface area contributed by atoms with Crippen molar-refractivity contribution in [3.05, 3.63) is 71.3 Å². The summed E-state index contributed by atoms with van der Waals surface area (Å²) in [6, 6.07) is 16.3. The number of amides is 1. The molecule has 5 nitrogen and oxygen atoms in total. The van der Waals surface area contributed by atoms with Crippen LogP contribution >= 0.6 is 0 Å². The molecule has 1 amide bonds. The standard InChI is InChI=1S/C20H21NO4/c1-15-6-5-9-17(14-15)20(23)25-18(16-7-3-2-4-8-16)19(22)21-10-12-24-13-11-21/h2-9,14,18H,10-13H2,1H3. The van der Waals surface area contributed by atoms with Gasteiger partial charge in [-0.25, -0.2) is 4.79 Å². The van der Waals surface area contributed by atoms with Crippen molar-refractivity contribution in [1.82, 2.24) is 4.90 Å². The molecule has 0 aromatic heterocycles. The zero-order valence-electron chi connectivity index (χ0n) is 14.2. The molecule has 2 aromatic carbocycles. The number of esters is 1. The summed E-state index contributed by atoms with van der Waals surface area (Å²) in [5, 5.41) is 0. The Morgan fingerprint density at radius 2 is 1.76 bits per heavy atom. The maximum absolute atomic E-state index is 12.9. The molecule has 0 saturated carbocycles. The van der Waals surface area contributed by atoms with Crippen molar-refractivity contribution in [2.45, 2.75) is 13.0 Å². The van der Waals surface area contributed by atoms with Gasteiger partial charge in [0.25, 0.3) is 5.91 Å². The first kappa shape index (κ1) is 17.2. The van der Waals surface area contributed by atoms with E-state index in [4.69, 9.17) is 9.47 Å². The van der Waals surface area contributed by atoms with E-state index in [-0.39, 0.29) is 5.91 Å². The van der Waals surface area contributed by atoms with Crippen LogP contribution in [0.5, 0.6) is 0 Å². The third-order valence-corrected chi connectivity index (χ3v) is 4.13. The van der Waals surface area contributed by atoms with Crippen molar-refractivity contribution in [2.75, 3.05) is 26.3 Å². The van der Waals surface area contributed by atoms with Crippen molar-refractivity contribution in [2.24, 2.45) is 0 Å². The van der Waals surface area contributed by atoms with E-state index in [1.165, 1.54) is 0 Å². The van der Waals surface area contributed by atoms with Gasteiger partial charge in [-0.3, -0.25) is 4.79 Å². The normalized spacial score (nSPS) is 15.5. The SMILES string of the molecule is Cc1cccc(C(=O)OC(C(=O)N2CCOCC2)c2ccccc2)c1. The van der Waals surface area contributed by atoms with E-state index in [9.17, 15) is 9.59 Å². The lowest BCUT2D eigenvalue weighted by Crippen LogP contribution is -2.44. The number of nitrogens with zero attached hydrogens (tertiary/aromatic N) is 1. The van der Waals surface area contributed by atoms with Gasteiger partial charge in [0.1, 0.15) is 0 Å². The minimum Gasteiger partial charge on any atom is -0.444 e. The molecule has 1 aliphatic heterocycles. The van der Waals surface area contributed by atoms with Gasteiger partial charge >= 0.3 is 5.97 Å². The lowest BCUT2D eigenvalue weighted by atomic mass is 10.1. The molecule has 1 aliphatic rings. The van der Waals surface area contributed by atoms with Crippen LogP contribution in [0.1, 0.15) is 27.6 Å². The van der Waals surface area contributed by atoms with E-state index in [1.807, 2.05) is 31.2 Å². The Hall–Kier alpha value is -2.66. The molecule has 25 heavy (non-hydrogen) atoms. The molecule has 0 aliphatic carbocycles. The maximum atomic E-state index is 12.9. The van der Waals surface area contributed by atoms with Gasteiger partial charge in [0.05, 0.1) is 18.8 Å². The summed E-state index contributed by atoms with van der Waals surface area (Å²) in [5.41, 5.74) is 2.07. The molecule has 1 fully saturated rings. The van der Waals surface area contributed by atoms with E-state index < -0.39 is 12.1 Å². The van der Waals surface area contributed by atoms with Gasteiger partial charge in [-0.1, -0.05) is 48.0 Å². The second-order valence-electron chi connectivity index (χ2n) is 6.00. The zero-order valence-corrected chi connectivity index (χ0v) is 14.2. The lowest BCUT2D eigenvalue weighted by Gasteiger charge is -2.30. The van der Waals surface area contributed by atoms with Gasteiger partial charge < -0.3 is 14.4 Å². The molecule has 1 unspecified atom stereocenters. The summed E-state index contributed by atoms with van der Waals surface area (Å²) < 4.78 is 10.9. The first-order valence-corrected chi connectivity index (χ1v) is 8.34. The molecule has 2 aromatic rings. The number of morpholine rings is 1.